The van der Waals surface area contributed by atoms with E-state index in [2.05, 4.69) is 15.9 Å². The maximum absolute atomic E-state index is 12.7. The molecule has 1 aliphatic heterocycles. The first-order valence-electron chi connectivity index (χ1n) is 5.48. The molecule has 1 fully saturated rings. The normalized spacial score (nSPS) is 20.8. The van der Waals surface area contributed by atoms with Crippen LogP contribution in [-0.2, 0) is 15.7 Å². The van der Waals surface area contributed by atoms with Gasteiger partial charge in [-0.3, -0.25) is 0 Å². The second-order valence-corrected chi connectivity index (χ2v) is 4.93. The molecule has 0 saturated carbocycles. The van der Waals surface area contributed by atoms with Crippen molar-refractivity contribution in [1.82, 2.24) is 0 Å². The molecular weight excluding hydrogens is 313 g/mol. The van der Waals surface area contributed by atoms with Gasteiger partial charge in [-0.2, -0.15) is 13.2 Å². The summed E-state index contributed by atoms with van der Waals surface area (Å²) in [5.74, 6) is 0. The lowest BCUT2D eigenvalue weighted by Gasteiger charge is -2.17. The average Bonchev–Trinajstić information content (AvgIpc) is 3.08. The smallest absolute Gasteiger partial charge is 0.371 e. The van der Waals surface area contributed by atoms with Gasteiger partial charge in [-0.15, -0.1) is 0 Å². The van der Waals surface area contributed by atoms with Gasteiger partial charge < -0.3 is 9.47 Å². The maximum Gasteiger partial charge on any atom is 0.417 e. The Kier molecular flexibility index (Phi) is 3.99. The highest BCUT2D eigenvalue weighted by Gasteiger charge is 2.34. The van der Waals surface area contributed by atoms with Crippen molar-refractivity contribution in [2.75, 3.05) is 13.2 Å². The number of alkyl halides is 3. The van der Waals surface area contributed by atoms with Crippen molar-refractivity contribution in [1.29, 1.82) is 0 Å². The molecule has 100 valence electrons. The largest absolute Gasteiger partial charge is 0.417 e. The molecule has 2 rings (SSSR count). The molecule has 1 aromatic carbocycles. The zero-order chi connectivity index (χ0) is 13.3. The van der Waals surface area contributed by atoms with Crippen molar-refractivity contribution in [2.45, 2.75) is 25.3 Å². The summed E-state index contributed by atoms with van der Waals surface area (Å²) in [4.78, 5) is 0. The van der Waals surface area contributed by atoms with Crippen molar-refractivity contribution < 1.29 is 22.6 Å². The molecule has 1 unspecified atom stereocenters. The van der Waals surface area contributed by atoms with E-state index < -0.39 is 17.8 Å². The molecule has 18 heavy (non-hydrogen) atoms. The second kappa shape index (κ2) is 5.19. The Morgan fingerprint density at radius 2 is 2.17 bits per heavy atom. The third-order valence-corrected chi connectivity index (χ3v) is 3.59. The van der Waals surface area contributed by atoms with E-state index in [0.717, 1.165) is 6.07 Å². The topological polar surface area (TPSA) is 21.8 Å². The zero-order valence-electron chi connectivity index (χ0n) is 9.63. The molecule has 0 spiro atoms. The second-order valence-electron chi connectivity index (χ2n) is 4.14. The number of halogens is 4. The predicted octanol–water partition coefficient (Wildman–Crippen LogP) is 3.94. The monoisotopic (exact) mass is 324 g/mol. The molecule has 2 nitrogen and oxygen atoms in total. The molecule has 0 aromatic heterocycles. The molecule has 1 aromatic rings. The van der Waals surface area contributed by atoms with Crippen LogP contribution in [0.5, 0.6) is 0 Å². The maximum atomic E-state index is 12.7. The van der Waals surface area contributed by atoms with Crippen LogP contribution in [0.3, 0.4) is 0 Å². The molecular formula is C12H12BrF3O2. The van der Waals surface area contributed by atoms with Gasteiger partial charge in [0.15, 0.2) is 0 Å². The van der Waals surface area contributed by atoms with Crippen molar-refractivity contribution in [3.05, 3.63) is 33.8 Å². The van der Waals surface area contributed by atoms with Gasteiger partial charge in [-0.25, -0.2) is 0 Å². The van der Waals surface area contributed by atoms with Crippen molar-refractivity contribution in [3.63, 3.8) is 0 Å². The predicted molar refractivity (Wildman–Crippen MR) is 63.3 cm³/mol. The number of hydrogen-bond acceptors (Lipinski definition) is 2. The van der Waals surface area contributed by atoms with Crippen molar-refractivity contribution in [3.8, 4) is 0 Å². The van der Waals surface area contributed by atoms with Crippen molar-refractivity contribution in [2.24, 2.45) is 0 Å². The van der Waals surface area contributed by atoms with Crippen LogP contribution in [0, 0.1) is 0 Å². The third kappa shape index (κ3) is 3.24. The number of hydrogen-bond donors (Lipinski definition) is 0. The van der Waals surface area contributed by atoms with E-state index in [1.807, 2.05) is 0 Å². The summed E-state index contributed by atoms with van der Waals surface area (Å²) in [6, 6.07) is 4.05. The summed E-state index contributed by atoms with van der Waals surface area (Å²) in [5, 5.41) is 0. The average molecular weight is 325 g/mol. The van der Waals surface area contributed by atoms with Crippen LogP contribution < -0.4 is 0 Å². The summed E-state index contributed by atoms with van der Waals surface area (Å²) < 4.78 is 48.7. The third-order valence-electron chi connectivity index (χ3n) is 2.71. The van der Waals surface area contributed by atoms with E-state index >= 15 is 0 Å². The van der Waals surface area contributed by atoms with E-state index in [9.17, 15) is 13.2 Å². The van der Waals surface area contributed by atoms with E-state index in [-0.39, 0.29) is 10.6 Å². The van der Waals surface area contributed by atoms with Crippen LogP contribution >= 0.6 is 15.9 Å². The van der Waals surface area contributed by atoms with Gasteiger partial charge in [0.05, 0.1) is 24.9 Å². The van der Waals surface area contributed by atoms with E-state index in [4.69, 9.17) is 9.47 Å². The lowest BCUT2D eigenvalue weighted by atomic mass is 10.1. The summed E-state index contributed by atoms with van der Waals surface area (Å²) in [5.41, 5.74) is -0.191. The fraction of sp³-hybridized carbons (Fsp3) is 0.500. The molecule has 0 N–H and O–H groups in total. The van der Waals surface area contributed by atoms with Crippen LogP contribution in [0.15, 0.2) is 22.7 Å². The number of epoxide rings is 1. The van der Waals surface area contributed by atoms with Crippen LogP contribution in [0.4, 0.5) is 13.2 Å². The highest BCUT2D eigenvalue weighted by atomic mass is 79.9. The molecule has 2 atom stereocenters. The summed E-state index contributed by atoms with van der Waals surface area (Å²) in [6.45, 7) is 2.79. The van der Waals surface area contributed by atoms with E-state index in [1.54, 1.807) is 13.0 Å². The first-order chi connectivity index (χ1) is 8.39. The Labute approximate surface area is 111 Å². The van der Waals surface area contributed by atoms with Gasteiger partial charge >= 0.3 is 6.18 Å². The molecule has 1 aliphatic rings. The minimum absolute atomic E-state index is 0.0433. The summed E-state index contributed by atoms with van der Waals surface area (Å²) in [6.07, 6.45) is -4.68. The zero-order valence-corrected chi connectivity index (χ0v) is 11.2. The van der Waals surface area contributed by atoms with Gasteiger partial charge in [-0.1, -0.05) is 12.1 Å². The molecule has 6 heteroatoms. The van der Waals surface area contributed by atoms with Gasteiger partial charge in [0.25, 0.3) is 0 Å². The first-order valence-corrected chi connectivity index (χ1v) is 6.27. The lowest BCUT2D eigenvalue weighted by Crippen LogP contribution is -2.11. The Balaban J connectivity index is 2.16. The fourth-order valence-corrected chi connectivity index (χ4v) is 2.40. The number of benzene rings is 1. The fourth-order valence-electron chi connectivity index (χ4n) is 1.59. The molecule has 1 saturated heterocycles. The Morgan fingerprint density at radius 1 is 1.50 bits per heavy atom. The summed E-state index contributed by atoms with van der Waals surface area (Å²) >= 11 is 3.01. The van der Waals surface area contributed by atoms with Crippen LogP contribution in [-0.4, -0.2) is 19.3 Å². The first kappa shape index (κ1) is 13.8. The molecule has 0 amide bonds. The van der Waals surface area contributed by atoms with E-state index in [0.29, 0.717) is 18.8 Å². The van der Waals surface area contributed by atoms with E-state index in [1.165, 1.54) is 6.07 Å². The van der Waals surface area contributed by atoms with Gasteiger partial charge in [-0.05, 0) is 34.5 Å². The quantitative estimate of drug-likeness (QED) is 0.782. The van der Waals surface area contributed by atoms with Crippen molar-refractivity contribution >= 4 is 15.9 Å². The Hall–Kier alpha value is -0.590. The molecule has 0 radical (unpaired) electrons. The highest BCUT2D eigenvalue weighted by Crippen LogP contribution is 2.38. The molecule has 0 aliphatic carbocycles. The SMILES string of the molecule is C[C@@H](OCC1CO1)c1cccc(C(F)(F)F)c1Br. The lowest BCUT2D eigenvalue weighted by molar-refractivity contribution is -0.138. The van der Waals surface area contributed by atoms with Gasteiger partial charge in [0.1, 0.15) is 6.10 Å². The molecule has 1 heterocycles. The Morgan fingerprint density at radius 3 is 2.72 bits per heavy atom. The number of ether oxygens (including phenoxy) is 2. The number of rotatable bonds is 4. The summed E-state index contributed by atoms with van der Waals surface area (Å²) in [7, 11) is 0. The Bertz CT molecular complexity index is 430. The minimum Gasteiger partial charge on any atom is -0.371 e. The van der Waals surface area contributed by atoms with Gasteiger partial charge in [0, 0.05) is 4.47 Å². The minimum atomic E-state index is -4.37. The highest BCUT2D eigenvalue weighted by molar-refractivity contribution is 9.10. The van der Waals surface area contributed by atoms with Gasteiger partial charge in [0.2, 0.25) is 0 Å². The molecule has 0 bridgehead atoms. The van der Waals surface area contributed by atoms with Crippen LogP contribution in [0.2, 0.25) is 0 Å². The van der Waals surface area contributed by atoms with Crippen LogP contribution in [0.25, 0.3) is 0 Å². The standard InChI is InChI=1S/C12H12BrF3O2/c1-7(17-5-8-6-18-8)9-3-2-4-10(11(9)13)12(14,15)16/h2-4,7-8H,5-6H2,1H3/t7-,8?/m1/s1. The van der Waals surface area contributed by atoms with Crippen LogP contribution in [0.1, 0.15) is 24.2 Å².